The van der Waals surface area contributed by atoms with Gasteiger partial charge in [0.1, 0.15) is 5.75 Å². The number of carbonyl (C=O) groups is 1. The number of carbonyl (C=O) groups excluding carboxylic acids is 1. The quantitative estimate of drug-likeness (QED) is 0.809. The molecule has 2 rings (SSSR count). The van der Waals surface area contributed by atoms with Gasteiger partial charge < -0.3 is 14.8 Å². The van der Waals surface area contributed by atoms with Crippen LogP contribution in [0.5, 0.6) is 5.75 Å². The van der Waals surface area contributed by atoms with E-state index in [-0.39, 0.29) is 23.6 Å². The molecule has 0 spiro atoms. The highest BCUT2D eigenvalue weighted by atomic mass is 32.2. The van der Waals surface area contributed by atoms with Gasteiger partial charge in [0.05, 0.1) is 32.1 Å². The van der Waals surface area contributed by atoms with Crippen molar-refractivity contribution >= 4 is 15.9 Å². The van der Waals surface area contributed by atoms with Gasteiger partial charge in [-0.2, -0.15) is 0 Å². The maximum Gasteiger partial charge on any atom is 0.251 e. The number of sulfonamides is 1. The summed E-state index contributed by atoms with van der Waals surface area (Å²) in [6, 6.07) is 4.87. The first-order valence-electron chi connectivity index (χ1n) is 7.68. The van der Waals surface area contributed by atoms with Crippen molar-refractivity contribution in [2.24, 2.45) is 5.92 Å². The van der Waals surface area contributed by atoms with E-state index in [9.17, 15) is 13.2 Å². The van der Waals surface area contributed by atoms with Gasteiger partial charge in [0.2, 0.25) is 10.0 Å². The lowest BCUT2D eigenvalue weighted by Crippen LogP contribution is -2.43. The molecular formula is C16H24N2O5S. The van der Waals surface area contributed by atoms with Crippen molar-refractivity contribution in [2.45, 2.75) is 13.0 Å². The minimum atomic E-state index is -3.35. The minimum absolute atomic E-state index is 0.0534. The molecule has 1 amide bonds. The normalized spacial score (nSPS) is 21.0. The van der Waals surface area contributed by atoms with Gasteiger partial charge >= 0.3 is 0 Å². The molecule has 1 fully saturated rings. The maximum atomic E-state index is 12.4. The molecule has 7 nitrogen and oxygen atoms in total. The molecular weight excluding hydrogens is 332 g/mol. The van der Waals surface area contributed by atoms with Crippen molar-refractivity contribution in [2.75, 3.05) is 40.2 Å². The topological polar surface area (TPSA) is 84.9 Å². The fourth-order valence-corrected chi connectivity index (χ4v) is 3.72. The van der Waals surface area contributed by atoms with E-state index in [4.69, 9.17) is 9.47 Å². The highest BCUT2D eigenvalue weighted by Crippen LogP contribution is 2.21. The standard InChI is InChI=1S/C16H24N2O5S/c1-11-5-6-12(7-15(11)22-4)16(19)17-14-9-23-8-13(14)10-24(20,21)18(2)3/h5-7,13-14H,8-10H2,1-4H3,(H,17,19)/t13-,14-/m0/s1. The van der Waals surface area contributed by atoms with E-state index in [0.717, 1.165) is 5.56 Å². The number of methoxy groups -OCH3 is 1. The SMILES string of the molecule is COc1cc(C(=O)N[C@H]2COC[C@H]2CS(=O)(=O)N(C)C)ccc1C. The second-order valence-corrected chi connectivity index (χ2v) is 8.35. The smallest absolute Gasteiger partial charge is 0.251 e. The average molecular weight is 356 g/mol. The first-order valence-corrected chi connectivity index (χ1v) is 9.29. The number of nitrogens with zero attached hydrogens (tertiary/aromatic N) is 1. The molecule has 0 bridgehead atoms. The number of nitrogens with one attached hydrogen (secondary N) is 1. The highest BCUT2D eigenvalue weighted by molar-refractivity contribution is 7.89. The number of amides is 1. The summed E-state index contributed by atoms with van der Waals surface area (Å²) in [6.45, 7) is 2.52. The third-order valence-electron chi connectivity index (χ3n) is 4.17. The molecule has 8 heteroatoms. The van der Waals surface area contributed by atoms with Crippen LogP contribution in [0.2, 0.25) is 0 Å². The molecule has 1 saturated heterocycles. The van der Waals surface area contributed by atoms with Crippen LogP contribution in [0.3, 0.4) is 0 Å². The summed E-state index contributed by atoms with van der Waals surface area (Å²) in [5.74, 6) is 0.0455. The van der Waals surface area contributed by atoms with Crippen molar-refractivity contribution in [3.63, 3.8) is 0 Å². The number of ether oxygens (including phenoxy) is 2. The first-order chi connectivity index (χ1) is 11.2. The van der Waals surface area contributed by atoms with Crippen molar-refractivity contribution in [3.8, 4) is 5.75 Å². The van der Waals surface area contributed by atoms with E-state index >= 15 is 0 Å². The highest BCUT2D eigenvalue weighted by Gasteiger charge is 2.34. The summed E-state index contributed by atoms with van der Waals surface area (Å²) in [7, 11) is 1.20. The molecule has 2 atom stereocenters. The monoisotopic (exact) mass is 356 g/mol. The van der Waals surface area contributed by atoms with Crippen LogP contribution in [0.1, 0.15) is 15.9 Å². The molecule has 0 unspecified atom stereocenters. The van der Waals surface area contributed by atoms with Crippen molar-refractivity contribution < 1.29 is 22.7 Å². The van der Waals surface area contributed by atoms with Gasteiger partial charge in [-0.05, 0) is 24.6 Å². The first kappa shape index (κ1) is 18.7. The molecule has 24 heavy (non-hydrogen) atoms. The zero-order chi connectivity index (χ0) is 17.9. The molecule has 1 aliphatic rings. The number of hydrogen-bond acceptors (Lipinski definition) is 5. The van der Waals surface area contributed by atoms with Crippen LogP contribution in [-0.2, 0) is 14.8 Å². The van der Waals surface area contributed by atoms with E-state index in [2.05, 4.69) is 5.32 Å². The van der Waals surface area contributed by atoms with E-state index in [0.29, 0.717) is 24.5 Å². The van der Waals surface area contributed by atoms with Crippen LogP contribution in [-0.4, -0.2) is 64.8 Å². The van der Waals surface area contributed by atoms with Gasteiger partial charge in [-0.1, -0.05) is 6.07 Å². The van der Waals surface area contributed by atoms with E-state index in [1.54, 1.807) is 19.2 Å². The Morgan fingerprint density at radius 2 is 2.08 bits per heavy atom. The molecule has 1 aromatic carbocycles. The van der Waals surface area contributed by atoms with Crippen LogP contribution >= 0.6 is 0 Å². The molecule has 1 aliphatic heterocycles. The summed E-state index contributed by atoms with van der Waals surface area (Å²) >= 11 is 0. The fourth-order valence-electron chi connectivity index (χ4n) is 2.55. The maximum absolute atomic E-state index is 12.4. The zero-order valence-corrected chi connectivity index (χ0v) is 15.2. The van der Waals surface area contributed by atoms with Gasteiger partial charge in [-0.15, -0.1) is 0 Å². The van der Waals surface area contributed by atoms with Crippen LogP contribution in [0.4, 0.5) is 0 Å². The third-order valence-corrected chi connectivity index (χ3v) is 6.13. The lowest BCUT2D eigenvalue weighted by atomic mass is 10.1. The lowest BCUT2D eigenvalue weighted by molar-refractivity contribution is 0.0925. The summed E-state index contributed by atoms with van der Waals surface area (Å²) in [5.41, 5.74) is 1.41. The third kappa shape index (κ3) is 4.25. The summed E-state index contributed by atoms with van der Waals surface area (Å²) < 4.78 is 35.9. The Morgan fingerprint density at radius 1 is 1.38 bits per heavy atom. The Labute approximate surface area is 143 Å². The Morgan fingerprint density at radius 3 is 2.71 bits per heavy atom. The van der Waals surface area contributed by atoms with Crippen LogP contribution in [0.25, 0.3) is 0 Å². The van der Waals surface area contributed by atoms with Crippen molar-refractivity contribution in [1.29, 1.82) is 0 Å². The van der Waals surface area contributed by atoms with E-state index in [1.165, 1.54) is 18.4 Å². The minimum Gasteiger partial charge on any atom is -0.496 e. The molecule has 1 N–H and O–H groups in total. The van der Waals surface area contributed by atoms with Gasteiger partial charge in [-0.3, -0.25) is 4.79 Å². The molecule has 0 radical (unpaired) electrons. The second-order valence-electron chi connectivity index (χ2n) is 6.12. The lowest BCUT2D eigenvalue weighted by Gasteiger charge is -2.21. The number of hydrogen-bond donors (Lipinski definition) is 1. The molecule has 0 saturated carbocycles. The van der Waals surface area contributed by atoms with Crippen LogP contribution in [0, 0.1) is 12.8 Å². The summed E-state index contributed by atoms with van der Waals surface area (Å²) in [5, 5.41) is 2.88. The van der Waals surface area contributed by atoms with E-state index in [1.807, 2.05) is 13.0 Å². The predicted molar refractivity (Wildman–Crippen MR) is 90.8 cm³/mol. The number of aryl methyl sites for hydroxylation is 1. The number of rotatable bonds is 6. The molecule has 0 aromatic heterocycles. The summed E-state index contributed by atoms with van der Waals surface area (Å²) in [6.07, 6.45) is 0. The zero-order valence-electron chi connectivity index (χ0n) is 14.4. The Kier molecular flexibility index (Phi) is 5.84. The van der Waals surface area contributed by atoms with Crippen LogP contribution in [0.15, 0.2) is 18.2 Å². The Bertz CT molecular complexity index is 702. The van der Waals surface area contributed by atoms with Crippen molar-refractivity contribution in [3.05, 3.63) is 29.3 Å². The predicted octanol–water partition coefficient (Wildman–Crippen LogP) is 0.640. The fraction of sp³-hybridized carbons (Fsp3) is 0.562. The molecule has 0 aliphatic carbocycles. The van der Waals surface area contributed by atoms with Gasteiger partial charge in [0, 0.05) is 25.6 Å². The van der Waals surface area contributed by atoms with Gasteiger partial charge in [0.25, 0.3) is 5.91 Å². The Hall–Kier alpha value is -1.64. The molecule has 1 heterocycles. The van der Waals surface area contributed by atoms with Gasteiger partial charge in [-0.25, -0.2) is 12.7 Å². The Balaban J connectivity index is 2.08. The average Bonchev–Trinajstić information content (AvgIpc) is 2.93. The van der Waals surface area contributed by atoms with Crippen molar-refractivity contribution in [1.82, 2.24) is 9.62 Å². The van der Waals surface area contributed by atoms with Gasteiger partial charge in [0.15, 0.2) is 0 Å². The largest absolute Gasteiger partial charge is 0.496 e. The molecule has 1 aromatic rings. The number of benzene rings is 1. The van der Waals surface area contributed by atoms with Crippen LogP contribution < -0.4 is 10.1 Å². The molecule has 134 valence electrons. The van der Waals surface area contributed by atoms with E-state index < -0.39 is 10.0 Å². The second kappa shape index (κ2) is 7.50. The summed E-state index contributed by atoms with van der Waals surface area (Å²) in [4.78, 5) is 12.4.